The van der Waals surface area contributed by atoms with Gasteiger partial charge in [0.1, 0.15) is 0 Å². The van der Waals surface area contributed by atoms with E-state index in [-0.39, 0.29) is 0 Å². The molecule has 0 fully saturated rings. The largest absolute Gasteiger partial charge is 0.378 e. The number of hydrogen-bond donors (Lipinski definition) is 2. The second-order valence-corrected chi connectivity index (χ2v) is 5.90. The minimum absolute atomic E-state index is 0.469. The molecule has 0 atom stereocenters. The zero-order chi connectivity index (χ0) is 15.4. The van der Waals surface area contributed by atoms with Gasteiger partial charge in [-0.3, -0.25) is 0 Å². The predicted molar refractivity (Wildman–Crippen MR) is 97.1 cm³/mol. The lowest BCUT2D eigenvalue weighted by molar-refractivity contribution is 1.13. The average Bonchev–Trinajstić information content (AvgIpc) is 2.42. The molecule has 0 aliphatic carbocycles. The molecule has 0 radical (unpaired) electrons. The van der Waals surface area contributed by atoms with Crippen molar-refractivity contribution in [2.45, 2.75) is 0 Å². The third-order valence-electron chi connectivity index (χ3n) is 2.82. The summed E-state index contributed by atoms with van der Waals surface area (Å²) in [7, 11) is 3.99. The van der Waals surface area contributed by atoms with Crippen LogP contribution in [0.4, 0.5) is 17.1 Å². The first-order valence-electron chi connectivity index (χ1n) is 6.26. The fourth-order valence-corrected chi connectivity index (χ4v) is 2.40. The van der Waals surface area contributed by atoms with Gasteiger partial charge in [-0.1, -0.05) is 23.2 Å². The summed E-state index contributed by atoms with van der Waals surface area (Å²) in [4.78, 5) is 2.04. The quantitative estimate of drug-likeness (QED) is 0.780. The highest BCUT2D eigenvalue weighted by Crippen LogP contribution is 2.25. The van der Waals surface area contributed by atoms with Crippen LogP contribution in [0.15, 0.2) is 42.5 Å². The van der Waals surface area contributed by atoms with Crippen LogP contribution >= 0.6 is 35.4 Å². The Labute approximate surface area is 139 Å². The topological polar surface area (TPSA) is 27.3 Å². The van der Waals surface area contributed by atoms with Gasteiger partial charge in [0.15, 0.2) is 5.11 Å². The van der Waals surface area contributed by atoms with Crippen molar-refractivity contribution in [1.82, 2.24) is 0 Å². The normalized spacial score (nSPS) is 10.1. The third-order valence-corrected chi connectivity index (χ3v) is 3.57. The summed E-state index contributed by atoms with van der Waals surface area (Å²) in [5.41, 5.74) is 2.74. The van der Waals surface area contributed by atoms with Crippen LogP contribution in [-0.4, -0.2) is 19.2 Å². The Bertz CT molecular complexity index is 642. The molecule has 21 heavy (non-hydrogen) atoms. The zero-order valence-corrected chi connectivity index (χ0v) is 14.0. The first-order chi connectivity index (χ1) is 9.95. The van der Waals surface area contributed by atoms with Crippen LogP contribution in [0.2, 0.25) is 10.0 Å². The van der Waals surface area contributed by atoms with Gasteiger partial charge in [-0.2, -0.15) is 0 Å². The van der Waals surface area contributed by atoms with Crippen LogP contribution < -0.4 is 15.5 Å². The van der Waals surface area contributed by atoms with E-state index in [4.69, 9.17) is 35.4 Å². The second kappa shape index (κ2) is 6.98. The van der Waals surface area contributed by atoms with E-state index < -0.39 is 0 Å². The van der Waals surface area contributed by atoms with Gasteiger partial charge in [-0.25, -0.2) is 0 Å². The summed E-state index contributed by atoms with van der Waals surface area (Å²) in [6, 6.07) is 13.2. The Kier molecular flexibility index (Phi) is 5.28. The molecule has 0 aliphatic rings. The molecule has 0 aromatic heterocycles. The maximum Gasteiger partial charge on any atom is 0.175 e. The fourth-order valence-electron chi connectivity index (χ4n) is 1.72. The molecule has 0 saturated heterocycles. The van der Waals surface area contributed by atoms with Crippen molar-refractivity contribution in [3.63, 3.8) is 0 Å². The van der Waals surface area contributed by atoms with E-state index in [0.29, 0.717) is 20.8 Å². The number of anilines is 3. The van der Waals surface area contributed by atoms with E-state index in [9.17, 15) is 0 Å². The lowest BCUT2D eigenvalue weighted by Gasteiger charge is -2.14. The molecule has 110 valence electrons. The molecule has 2 aromatic rings. The van der Waals surface area contributed by atoms with Gasteiger partial charge in [-0.05, 0) is 54.7 Å². The van der Waals surface area contributed by atoms with Gasteiger partial charge in [0.05, 0.1) is 10.7 Å². The summed E-state index contributed by atoms with van der Waals surface area (Å²) in [5, 5.41) is 7.73. The highest BCUT2D eigenvalue weighted by molar-refractivity contribution is 7.80. The molecule has 0 saturated carbocycles. The van der Waals surface area contributed by atoms with Gasteiger partial charge in [0.2, 0.25) is 0 Å². The molecule has 0 unspecified atom stereocenters. The van der Waals surface area contributed by atoms with E-state index in [2.05, 4.69) is 10.6 Å². The average molecular weight is 340 g/mol. The number of thiocarbonyl (C=S) groups is 1. The molecule has 2 rings (SSSR count). The van der Waals surface area contributed by atoms with Crippen LogP contribution in [0.25, 0.3) is 0 Å². The molecular weight excluding hydrogens is 325 g/mol. The van der Waals surface area contributed by atoms with Crippen molar-refractivity contribution in [2.75, 3.05) is 29.6 Å². The summed E-state index contributed by atoms with van der Waals surface area (Å²) in [6.45, 7) is 0. The van der Waals surface area contributed by atoms with Gasteiger partial charge in [0, 0.05) is 30.5 Å². The second-order valence-electron chi connectivity index (χ2n) is 4.64. The highest BCUT2D eigenvalue weighted by Gasteiger charge is 2.04. The number of rotatable bonds is 3. The van der Waals surface area contributed by atoms with E-state index in [1.165, 1.54) is 0 Å². The fraction of sp³-hybridized carbons (Fsp3) is 0.133. The van der Waals surface area contributed by atoms with Gasteiger partial charge in [0.25, 0.3) is 0 Å². The predicted octanol–water partition coefficient (Wildman–Crippen LogP) is 4.87. The first-order valence-corrected chi connectivity index (χ1v) is 7.42. The summed E-state index contributed by atoms with van der Waals surface area (Å²) in [5.74, 6) is 0. The van der Waals surface area contributed by atoms with Crippen molar-refractivity contribution >= 4 is 57.6 Å². The maximum absolute atomic E-state index is 6.09. The van der Waals surface area contributed by atoms with Crippen LogP contribution in [0, 0.1) is 0 Å². The minimum Gasteiger partial charge on any atom is -0.378 e. The Balaban J connectivity index is 2.01. The van der Waals surface area contributed by atoms with Crippen molar-refractivity contribution in [3.05, 3.63) is 52.5 Å². The number of hydrogen-bond acceptors (Lipinski definition) is 2. The molecule has 0 bridgehead atoms. The number of nitrogens with one attached hydrogen (secondary N) is 2. The number of benzene rings is 2. The van der Waals surface area contributed by atoms with Gasteiger partial charge >= 0.3 is 0 Å². The molecule has 3 nitrogen and oxygen atoms in total. The lowest BCUT2D eigenvalue weighted by Crippen LogP contribution is -2.19. The van der Waals surface area contributed by atoms with Crippen LogP contribution in [-0.2, 0) is 0 Å². The maximum atomic E-state index is 6.09. The zero-order valence-electron chi connectivity index (χ0n) is 11.7. The van der Waals surface area contributed by atoms with Crippen LogP contribution in [0.3, 0.4) is 0 Å². The molecular formula is C15H15Cl2N3S. The van der Waals surface area contributed by atoms with Crippen molar-refractivity contribution < 1.29 is 0 Å². The molecule has 0 spiro atoms. The Hall–Kier alpha value is -1.49. The van der Waals surface area contributed by atoms with Crippen molar-refractivity contribution in [2.24, 2.45) is 0 Å². The lowest BCUT2D eigenvalue weighted by atomic mass is 10.2. The minimum atomic E-state index is 0.469. The summed E-state index contributed by atoms with van der Waals surface area (Å²) in [6.07, 6.45) is 0. The van der Waals surface area contributed by atoms with Crippen molar-refractivity contribution in [1.29, 1.82) is 0 Å². The standard InChI is InChI=1S/C15H15Cl2N3S/c1-20(2)12-6-4-11(5-7-12)18-15(21)19-14-8-3-10(16)9-13(14)17/h3-9H,1-2H3,(H2,18,19,21). The molecule has 6 heteroatoms. The van der Waals surface area contributed by atoms with E-state index in [0.717, 1.165) is 11.4 Å². The number of halogens is 2. The molecule has 2 N–H and O–H groups in total. The van der Waals surface area contributed by atoms with E-state index in [1.54, 1.807) is 18.2 Å². The van der Waals surface area contributed by atoms with Crippen LogP contribution in [0.5, 0.6) is 0 Å². The smallest absolute Gasteiger partial charge is 0.175 e. The van der Waals surface area contributed by atoms with Crippen LogP contribution in [0.1, 0.15) is 0 Å². The van der Waals surface area contributed by atoms with Gasteiger partial charge in [-0.15, -0.1) is 0 Å². The molecule has 0 aliphatic heterocycles. The molecule has 0 heterocycles. The molecule has 0 amide bonds. The Morgan fingerprint density at radius 1 is 1.00 bits per heavy atom. The van der Waals surface area contributed by atoms with Gasteiger partial charge < -0.3 is 15.5 Å². The summed E-state index contributed by atoms with van der Waals surface area (Å²) >= 11 is 17.2. The third kappa shape index (κ3) is 4.49. The van der Waals surface area contributed by atoms with E-state index >= 15 is 0 Å². The van der Waals surface area contributed by atoms with E-state index in [1.807, 2.05) is 43.3 Å². The molecule has 2 aromatic carbocycles. The number of nitrogens with zero attached hydrogens (tertiary/aromatic N) is 1. The first kappa shape index (κ1) is 15.9. The Morgan fingerprint density at radius 2 is 1.67 bits per heavy atom. The summed E-state index contributed by atoms with van der Waals surface area (Å²) < 4.78 is 0. The SMILES string of the molecule is CN(C)c1ccc(NC(=S)Nc2ccc(Cl)cc2Cl)cc1. The van der Waals surface area contributed by atoms with Crippen molar-refractivity contribution in [3.8, 4) is 0 Å². The highest BCUT2D eigenvalue weighted by atomic mass is 35.5. The monoisotopic (exact) mass is 339 g/mol. The Morgan fingerprint density at radius 3 is 2.24 bits per heavy atom.